The van der Waals surface area contributed by atoms with Gasteiger partial charge in [-0.2, -0.15) is 0 Å². The SMILES string of the molecule is O=C(O)[C@@]1(O)c2ccccc2NC(=S)N1Cc1ccccc1. The van der Waals surface area contributed by atoms with E-state index in [1.54, 1.807) is 24.3 Å². The molecular weight excluding hydrogens is 300 g/mol. The molecule has 0 radical (unpaired) electrons. The highest BCUT2D eigenvalue weighted by atomic mass is 32.1. The maximum atomic E-state index is 11.8. The summed E-state index contributed by atoms with van der Waals surface area (Å²) in [6.07, 6.45) is 0. The second kappa shape index (κ2) is 5.40. The minimum Gasteiger partial charge on any atom is -0.477 e. The first-order valence-electron chi connectivity index (χ1n) is 6.71. The van der Waals surface area contributed by atoms with E-state index in [0.29, 0.717) is 5.69 Å². The summed E-state index contributed by atoms with van der Waals surface area (Å²) in [7, 11) is 0. The molecule has 0 unspecified atom stereocenters. The van der Waals surface area contributed by atoms with Crippen LogP contribution in [0.1, 0.15) is 11.1 Å². The first-order valence-corrected chi connectivity index (χ1v) is 7.12. The summed E-state index contributed by atoms with van der Waals surface area (Å²) in [6.45, 7) is 0.184. The molecule has 1 atom stereocenters. The van der Waals surface area contributed by atoms with E-state index >= 15 is 0 Å². The summed E-state index contributed by atoms with van der Waals surface area (Å²) in [6, 6.07) is 16.0. The Morgan fingerprint density at radius 3 is 2.45 bits per heavy atom. The van der Waals surface area contributed by atoms with E-state index < -0.39 is 11.7 Å². The molecule has 1 aliphatic heterocycles. The fraction of sp³-hybridized carbons (Fsp3) is 0.125. The molecule has 0 fully saturated rings. The monoisotopic (exact) mass is 314 g/mol. The number of anilines is 1. The Kier molecular flexibility index (Phi) is 3.56. The number of carboxylic acid groups (broad SMARTS) is 1. The number of carbonyl (C=O) groups is 1. The number of aliphatic carboxylic acids is 1. The number of para-hydroxylation sites is 1. The van der Waals surface area contributed by atoms with Crippen LogP contribution >= 0.6 is 12.2 Å². The van der Waals surface area contributed by atoms with Crippen molar-refractivity contribution in [1.82, 2.24) is 4.90 Å². The minimum atomic E-state index is -2.20. The van der Waals surface area contributed by atoms with Crippen LogP contribution in [0.15, 0.2) is 54.6 Å². The lowest BCUT2D eigenvalue weighted by atomic mass is 9.96. The number of rotatable bonds is 3. The van der Waals surface area contributed by atoms with Gasteiger partial charge in [-0.1, -0.05) is 48.5 Å². The highest BCUT2D eigenvalue weighted by Gasteiger charge is 2.49. The summed E-state index contributed by atoms with van der Waals surface area (Å²) >= 11 is 5.26. The number of aliphatic hydroxyl groups is 1. The Balaban J connectivity index is 2.09. The Morgan fingerprint density at radius 2 is 1.77 bits per heavy atom. The third kappa shape index (κ3) is 2.22. The van der Waals surface area contributed by atoms with Crippen LogP contribution in [0.25, 0.3) is 0 Å². The lowest BCUT2D eigenvalue weighted by molar-refractivity contribution is -0.178. The molecule has 5 nitrogen and oxygen atoms in total. The van der Waals surface area contributed by atoms with Gasteiger partial charge in [-0.05, 0) is 23.8 Å². The summed E-state index contributed by atoms with van der Waals surface area (Å²) in [4.78, 5) is 13.1. The van der Waals surface area contributed by atoms with Crippen LogP contribution in [0.4, 0.5) is 5.69 Å². The van der Waals surface area contributed by atoms with Crippen molar-refractivity contribution < 1.29 is 15.0 Å². The molecule has 0 spiro atoms. The van der Waals surface area contributed by atoms with Gasteiger partial charge in [0.05, 0.1) is 0 Å². The van der Waals surface area contributed by atoms with E-state index in [1.807, 2.05) is 30.3 Å². The zero-order chi connectivity index (χ0) is 15.7. The molecule has 0 bridgehead atoms. The zero-order valence-corrected chi connectivity index (χ0v) is 12.4. The predicted octanol–water partition coefficient (Wildman–Crippen LogP) is 2.13. The molecule has 2 aromatic rings. The number of carboxylic acids is 1. The molecule has 2 aromatic carbocycles. The summed E-state index contributed by atoms with van der Waals surface area (Å²) < 4.78 is 0. The second-order valence-electron chi connectivity index (χ2n) is 5.02. The summed E-state index contributed by atoms with van der Waals surface area (Å²) in [5, 5.41) is 23.7. The molecular formula is C16H14N2O3S. The van der Waals surface area contributed by atoms with Gasteiger partial charge in [-0.25, -0.2) is 4.79 Å². The highest BCUT2D eigenvalue weighted by molar-refractivity contribution is 7.80. The van der Waals surface area contributed by atoms with E-state index in [1.165, 1.54) is 4.90 Å². The van der Waals surface area contributed by atoms with Gasteiger partial charge in [0.1, 0.15) is 0 Å². The largest absolute Gasteiger partial charge is 0.477 e. The fourth-order valence-electron chi connectivity index (χ4n) is 2.55. The van der Waals surface area contributed by atoms with Gasteiger partial charge in [-0.15, -0.1) is 0 Å². The second-order valence-corrected chi connectivity index (χ2v) is 5.41. The van der Waals surface area contributed by atoms with E-state index in [2.05, 4.69) is 5.32 Å². The quantitative estimate of drug-likeness (QED) is 0.754. The third-order valence-electron chi connectivity index (χ3n) is 3.66. The van der Waals surface area contributed by atoms with Gasteiger partial charge in [0.2, 0.25) is 0 Å². The Labute approximate surface area is 132 Å². The van der Waals surface area contributed by atoms with Crippen molar-refractivity contribution in [3.8, 4) is 0 Å². The van der Waals surface area contributed by atoms with Gasteiger partial charge in [0, 0.05) is 17.8 Å². The van der Waals surface area contributed by atoms with Crippen LogP contribution in [0.2, 0.25) is 0 Å². The predicted molar refractivity (Wildman–Crippen MR) is 86.2 cm³/mol. The summed E-state index contributed by atoms with van der Waals surface area (Å²) in [5.41, 5.74) is -0.575. The van der Waals surface area contributed by atoms with E-state index in [4.69, 9.17) is 12.2 Å². The van der Waals surface area contributed by atoms with Crippen molar-refractivity contribution in [2.75, 3.05) is 5.32 Å². The number of benzene rings is 2. The van der Waals surface area contributed by atoms with Crippen LogP contribution in [-0.4, -0.2) is 26.2 Å². The maximum Gasteiger partial charge on any atom is 0.362 e. The topological polar surface area (TPSA) is 72.8 Å². The molecule has 22 heavy (non-hydrogen) atoms. The zero-order valence-electron chi connectivity index (χ0n) is 11.6. The minimum absolute atomic E-state index is 0.174. The lowest BCUT2D eigenvalue weighted by Crippen LogP contribution is -2.58. The van der Waals surface area contributed by atoms with Crippen molar-refractivity contribution in [1.29, 1.82) is 0 Å². The molecule has 0 saturated heterocycles. The van der Waals surface area contributed by atoms with Crippen molar-refractivity contribution in [3.63, 3.8) is 0 Å². The van der Waals surface area contributed by atoms with Crippen LogP contribution in [0.5, 0.6) is 0 Å². The summed E-state index contributed by atoms with van der Waals surface area (Å²) in [5.74, 6) is -1.36. The number of nitrogens with zero attached hydrogens (tertiary/aromatic N) is 1. The smallest absolute Gasteiger partial charge is 0.362 e. The van der Waals surface area contributed by atoms with E-state index in [9.17, 15) is 15.0 Å². The van der Waals surface area contributed by atoms with Gasteiger partial charge in [-0.3, -0.25) is 0 Å². The normalized spacial score (nSPS) is 20.2. The molecule has 6 heteroatoms. The van der Waals surface area contributed by atoms with Gasteiger partial charge >= 0.3 is 5.97 Å². The van der Waals surface area contributed by atoms with Gasteiger partial charge < -0.3 is 20.4 Å². The molecule has 1 aliphatic rings. The molecule has 1 heterocycles. The van der Waals surface area contributed by atoms with Crippen molar-refractivity contribution >= 4 is 29.0 Å². The molecule has 0 amide bonds. The number of nitrogens with one attached hydrogen (secondary N) is 1. The Bertz CT molecular complexity index is 735. The van der Waals surface area contributed by atoms with Crippen LogP contribution in [-0.2, 0) is 17.1 Å². The molecule has 0 aliphatic carbocycles. The van der Waals surface area contributed by atoms with Crippen molar-refractivity contribution in [2.24, 2.45) is 0 Å². The number of hydrogen-bond donors (Lipinski definition) is 3. The van der Waals surface area contributed by atoms with Crippen molar-refractivity contribution in [3.05, 3.63) is 65.7 Å². The number of fused-ring (bicyclic) bond motifs is 1. The number of hydrogen-bond acceptors (Lipinski definition) is 3. The van der Waals surface area contributed by atoms with E-state index in [0.717, 1.165) is 5.56 Å². The van der Waals surface area contributed by atoms with Crippen LogP contribution in [0, 0.1) is 0 Å². The Morgan fingerprint density at radius 1 is 1.14 bits per heavy atom. The molecule has 112 valence electrons. The fourth-order valence-corrected chi connectivity index (χ4v) is 2.86. The standard InChI is InChI=1S/C16H14N2O3S/c19-14(20)16(21)12-8-4-5-9-13(12)17-15(22)18(16)10-11-6-2-1-3-7-11/h1-9,21H,10H2,(H,17,22)(H,19,20)/t16-/m0/s1. The molecule has 3 rings (SSSR count). The molecule has 3 N–H and O–H groups in total. The van der Waals surface area contributed by atoms with Gasteiger partial charge in [0.15, 0.2) is 5.11 Å². The van der Waals surface area contributed by atoms with E-state index in [-0.39, 0.29) is 17.2 Å². The average molecular weight is 314 g/mol. The van der Waals surface area contributed by atoms with Crippen LogP contribution in [0.3, 0.4) is 0 Å². The number of thiocarbonyl (C=S) groups is 1. The Hall–Kier alpha value is -2.44. The molecule has 0 aromatic heterocycles. The lowest BCUT2D eigenvalue weighted by Gasteiger charge is -2.43. The molecule has 0 saturated carbocycles. The van der Waals surface area contributed by atoms with Gasteiger partial charge in [0.25, 0.3) is 5.72 Å². The van der Waals surface area contributed by atoms with Crippen LogP contribution < -0.4 is 5.32 Å². The van der Waals surface area contributed by atoms with Crippen molar-refractivity contribution in [2.45, 2.75) is 12.3 Å². The highest BCUT2D eigenvalue weighted by Crippen LogP contribution is 2.37. The first kappa shape index (κ1) is 14.5. The first-order chi connectivity index (χ1) is 10.5. The maximum absolute atomic E-state index is 11.8. The third-order valence-corrected chi connectivity index (χ3v) is 3.98. The average Bonchev–Trinajstić information content (AvgIpc) is 2.52.